The summed E-state index contributed by atoms with van der Waals surface area (Å²) in [6.07, 6.45) is 20.4. The van der Waals surface area contributed by atoms with Crippen LogP contribution in [-0.2, 0) is 4.79 Å². The van der Waals surface area contributed by atoms with Crippen LogP contribution in [0.5, 0.6) is 0 Å². The summed E-state index contributed by atoms with van der Waals surface area (Å²) in [5.74, 6) is 2.55. The Morgan fingerprint density at radius 1 is 0.875 bits per heavy atom. The third-order valence-corrected chi connectivity index (χ3v) is 4.05. The van der Waals surface area contributed by atoms with E-state index in [0.717, 1.165) is 38.8 Å². The van der Waals surface area contributed by atoms with E-state index < -0.39 is 0 Å². The normalized spacial score (nSPS) is 19.4. The van der Waals surface area contributed by atoms with Crippen molar-refractivity contribution in [2.75, 3.05) is 32.8 Å². The molecular weight excluding hydrogens is 300 g/mol. The first-order valence-electron chi connectivity index (χ1n) is 8.79. The van der Waals surface area contributed by atoms with Gasteiger partial charge in [0.25, 0.3) is 0 Å². The smallest absolute Gasteiger partial charge is 0.234 e. The van der Waals surface area contributed by atoms with Gasteiger partial charge in [-0.05, 0) is 76.0 Å². The van der Waals surface area contributed by atoms with Gasteiger partial charge >= 0.3 is 0 Å². The Morgan fingerprint density at radius 2 is 1.42 bits per heavy atom. The van der Waals surface area contributed by atoms with E-state index in [2.05, 4.69) is 35.9 Å². The Morgan fingerprint density at radius 3 is 1.96 bits per heavy atom. The molecular formula is C20H28N2O2. The molecule has 0 saturated heterocycles. The first-order chi connectivity index (χ1) is 11.8. The van der Waals surface area contributed by atoms with Gasteiger partial charge < -0.3 is 10.4 Å². The molecule has 2 aliphatic rings. The fourth-order valence-electron chi connectivity index (χ4n) is 2.80. The number of carbonyl (C=O) groups excluding carboxylic acids is 1. The highest BCUT2D eigenvalue weighted by atomic mass is 16.2. The van der Waals surface area contributed by atoms with Crippen molar-refractivity contribution >= 4 is 5.91 Å². The van der Waals surface area contributed by atoms with Crippen molar-refractivity contribution in [1.82, 2.24) is 10.2 Å². The van der Waals surface area contributed by atoms with Gasteiger partial charge in [0.05, 0.1) is 6.54 Å². The highest BCUT2D eigenvalue weighted by Crippen LogP contribution is 2.27. The van der Waals surface area contributed by atoms with Gasteiger partial charge in [-0.25, -0.2) is 0 Å². The Hall–Kier alpha value is -0.610. The van der Waals surface area contributed by atoms with Gasteiger partial charge in [-0.1, -0.05) is 12.8 Å². The van der Waals surface area contributed by atoms with Crippen molar-refractivity contribution in [3.8, 4) is 0 Å². The van der Waals surface area contributed by atoms with Crippen LogP contribution in [0.4, 0.5) is 0 Å². The number of rotatable bonds is 12. The van der Waals surface area contributed by atoms with Crippen LogP contribution >= 0.6 is 0 Å². The van der Waals surface area contributed by atoms with Crippen LogP contribution in [0.15, 0.2) is 0 Å². The van der Waals surface area contributed by atoms with Gasteiger partial charge in [0.15, 0.2) is 0 Å². The zero-order chi connectivity index (χ0) is 17.0. The van der Waals surface area contributed by atoms with E-state index in [4.69, 9.17) is 5.11 Å². The van der Waals surface area contributed by atoms with E-state index in [0.29, 0.717) is 13.1 Å². The largest absolute Gasteiger partial charge is 0.396 e. The van der Waals surface area contributed by atoms with Crippen molar-refractivity contribution in [1.29, 1.82) is 0 Å². The topological polar surface area (TPSA) is 52.6 Å². The zero-order valence-electron chi connectivity index (χ0n) is 14.3. The summed E-state index contributed by atoms with van der Waals surface area (Å²) < 4.78 is 0. The minimum atomic E-state index is 0.0790. The lowest BCUT2D eigenvalue weighted by atomic mass is 10.0. The summed E-state index contributed by atoms with van der Waals surface area (Å²) in [5, 5.41) is 11.8. The van der Waals surface area contributed by atoms with E-state index in [1.54, 1.807) is 0 Å². The molecule has 2 rings (SSSR count). The minimum absolute atomic E-state index is 0.0790. The number of hydrogen-bond donors (Lipinski definition) is 2. The molecule has 0 unspecified atom stereocenters. The van der Waals surface area contributed by atoms with Gasteiger partial charge in [0, 0.05) is 26.2 Å². The molecule has 2 fully saturated rings. The quantitative estimate of drug-likeness (QED) is 0.537. The number of nitrogens with one attached hydrogen (secondary N) is 1. The molecule has 0 aliphatic heterocycles. The van der Waals surface area contributed by atoms with Crippen molar-refractivity contribution in [3.63, 3.8) is 0 Å². The summed E-state index contributed by atoms with van der Waals surface area (Å²) in [4.78, 5) is 14.4. The van der Waals surface area contributed by atoms with E-state index in [-0.39, 0.29) is 12.5 Å². The molecule has 0 aromatic heterocycles. The number of amides is 1. The molecule has 10 radical (unpaired) electrons. The first-order valence-corrected chi connectivity index (χ1v) is 8.79. The van der Waals surface area contributed by atoms with E-state index in [1.165, 1.54) is 11.8 Å². The number of carbonyl (C=O) groups is 1. The molecule has 0 atom stereocenters. The number of aliphatic hydroxyl groups is 1. The van der Waals surface area contributed by atoms with Crippen LogP contribution in [0.25, 0.3) is 0 Å². The lowest BCUT2D eigenvalue weighted by Crippen LogP contribution is -2.41. The average molecular weight is 328 g/mol. The SMILES string of the molecule is O=C(CN(C[C]1[CH][CH][CH][CH]1)C[C]1[CH][CH][CH][CH]1)NCCCCCCO. The summed E-state index contributed by atoms with van der Waals surface area (Å²) in [6.45, 7) is 2.94. The van der Waals surface area contributed by atoms with Crippen LogP contribution < -0.4 is 5.32 Å². The van der Waals surface area contributed by atoms with Crippen molar-refractivity contribution in [2.24, 2.45) is 0 Å². The van der Waals surface area contributed by atoms with Crippen molar-refractivity contribution < 1.29 is 9.90 Å². The van der Waals surface area contributed by atoms with Gasteiger partial charge in [0.2, 0.25) is 5.91 Å². The second kappa shape index (κ2) is 11.9. The van der Waals surface area contributed by atoms with Crippen LogP contribution in [0.3, 0.4) is 0 Å². The Bertz CT molecular complexity index is 319. The molecule has 2 aliphatic carbocycles. The first kappa shape index (κ1) is 19.7. The Labute approximate surface area is 148 Å². The van der Waals surface area contributed by atoms with Gasteiger partial charge in [0.1, 0.15) is 0 Å². The third-order valence-electron chi connectivity index (χ3n) is 4.05. The number of unbranched alkanes of at least 4 members (excludes halogenated alkanes) is 3. The molecule has 24 heavy (non-hydrogen) atoms. The van der Waals surface area contributed by atoms with E-state index in [1.807, 2.05) is 25.7 Å². The summed E-state index contributed by atoms with van der Waals surface area (Å²) in [5.41, 5.74) is 0. The minimum Gasteiger partial charge on any atom is -0.396 e. The summed E-state index contributed by atoms with van der Waals surface area (Å²) >= 11 is 0. The molecule has 4 nitrogen and oxygen atoms in total. The number of aliphatic hydroxyl groups excluding tert-OH is 1. The maximum absolute atomic E-state index is 12.2. The lowest BCUT2D eigenvalue weighted by molar-refractivity contribution is -0.122. The molecule has 2 N–H and O–H groups in total. The number of nitrogens with zero attached hydrogens (tertiary/aromatic N) is 1. The molecule has 0 bridgehead atoms. The van der Waals surface area contributed by atoms with Crippen LogP contribution in [0.2, 0.25) is 0 Å². The molecule has 0 heterocycles. The molecule has 0 aromatic carbocycles. The third kappa shape index (κ3) is 7.98. The average Bonchev–Trinajstić information content (AvgIpc) is 3.24. The monoisotopic (exact) mass is 328 g/mol. The highest BCUT2D eigenvalue weighted by molar-refractivity contribution is 5.78. The van der Waals surface area contributed by atoms with Gasteiger partial charge in [-0.3, -0.25) is 9.69 Å². The Kier molecular flexibility index (Phi) is 9.74. The maximum atomic E-state index is 12.2. The molecule has 2 saturated carbocycles. The summed E-state index contributed by atoms with van der Waals surface area (Å²) in [6, 6.07) is 0. The highest BCUT2D eigenvalue weighted by Gasteiger charge is 2.25. The zero-order valence-corrected chi connectivity index (χ0v) is 14.3. The van der Waals surface area contributed by atoms with Gasteiger partial charge in [-0.2, -0.15) is 0 Å². The predicted octanol–water partition coefficient (Wildman–Crippen LogP) is 1.77. The number of hydrogen-bond acceptors (Lipinski definition) is 3. The van der Waals surface area contributed by atoms with Crippen LogP contribution in [0, 0.1) is 63.2 Å². The summed E-state index contributed by atoms with van der Waals surface area (Å²) in [7, 11) is 0. The van der Waals surface area contributed by atoms with Crippen molar-refractivity contribution in [3.05, 3.63) is 63.2 Å². The molecule has 1 amide bonds. The van der Waals surface area contributed by atoms with Crippen LogP contribution in [0.1, 0.15) is 25.7 Å². The molecule has 130 valence electrons. The maximum Gasteiger partial charge on any atom is 0.234 e. The second-order valence-electron chi connectivity index (χ2n) is 6.22. The van der Waals surface area contributed by atoms with Crippen molar-refractivity contribution in [2.45, 2.75) is 25.7 Å². The molecule has 4 heteroatoms. The fourth-order valence-corrected chi connectivity index (χ4v) is 2.80. The van der Waals surface area contributed by atoms with E-state index >= 15 is 0 Å². The Balaban J connectivity index is 1.66. The fraction of sp³-hybridized carbons (Fsp3) is 0.450. The molecule has 0 spiro atoms. The van der Waals surface area contributed by atoms with Gasteiger partial charge in [-0.15, -0.1) is 0 Å². The molecule has 0 aromatic rings. The second-order valence-corrected chi connectivity index (χ2v) is 6.22. The standard InChI is InChI=1S/C20H28N2O2/c23-14-8-2-1-7-13-21-20(24)17-22(15-18-9-3-4-10-18)16-19-11-5-6-12-19/h3-6,9-12,23H,1-2,7-8,13-17H2,(H,21,24). The van der Waals surface area contributed by atoms with Crippen LogP contribution in [-0.4, -0.2) is 48.7 Å². The van der Waals surface area contributed by atoms with E-state index in [9.17, 15) is 4.79 Å². The lowest BCUT2D eigenvalue weighted by Gasteiger charge is -2.26. The predicted molar refractivity (Wildman–Crippen MR) is 95.9 cm³/mol.